The first kappa shape index (κ1) is 15.3. The summed E-state index contributed by atoms with van der Waals surface area (Å²) in [5, 5.41) is 0. The Balaban J connectivity index is 2.10. The van der Waals surface area contributed by atoms with Crippen molar-refractivity contribution in [2.75, 3.05) is 6.61 Å². The molecule has 0 aromatic heterocycles. The van der Waals surface area contributed by atoms with Gasteiger partial charge in [0.25, 0.3) is 0 Å². The molecule has 0 bridgehead atoms. The summed E-state index contributed by atoms with van der Waals surface area (Å²) in [6, 6.07) is 13.5. The molecule has 0 saturated carbocycles. The van der Waals surface area contributed by atoms with Crippen LogP contribution in [0.4, 0.5) is 13.2 Å². The average Bonchev–Trinajstić information content (AvgIpc) is 2.48. The third kappa shape index (κ3) is 4.21. The smallest absolute Gasteiger partial charge is 0.416 e. The van der Waals surface area contributed by atoms with E-state index in [0.29, 0.717) is 11.3 Å². The topological polar surface area (TPSA) is 47.3 Å². The van der Waals surface area contributed by atoms with Gasteiger partial charge in [0.1, 0.15) is 12.4 Å². The lowest BCUT2D eigenvalue weighted by Gasteiger charge is -2.18. The van der Waals surface area contributed by atoms with Crippen LogP contribution in [0.5, 0.6) is 5.75 Å². The van der Waals surface area contributed by atoms with Gasteiger partial charge < -0.3 is 4.74 Å². The van der Waals surface area contributed by atoms with Crippen LogP contribution in [0.15, 0.2) is 54.6 Å². The molecular formula is C15H15F3N2O. The van der Waals surface area contributed by atoms with Crippen molar-refractivity contribution in [3.8, 4) is 5.75 Å². The molecule has 6 heteroatoms. The average molecular weight is 296 g/mol. The number of nitrogens with one attached hydrogen (secondary N) is 1. The van der Waals surface area contributed by atoms with Crippen molar-refractivity contribution in [3.05, 3.63) is 65.7 Å². The largest absolute Gasteiger partial charge is 0.492 e. The van der Waals surface area contributed by atoms with Gasteiger partial charge in [-0.2, -0.15) is 13.2 Å². The van der Waals surface area contributed by atoms with Gasteiger partial charge in [-0.25, -0.2) is 5.43 Å². The number of benzene rings is 2. The fraction of sp³-hybridized carbons (Fsp3) is 0.200. The molecule has 0 aliphatic rings. The van der Waals surface area contributed by atoms with Crippen LogP contribution in [0.25, 0.3) is 0 Å². The van der Waals surface area contributed by atoms with Gasteiger partial charge in [-0.15, -0.1) is 0 Å². The van der Waals surface area contributed by atoms with E-state index >= 15 is 0 Å². The maximum atomic E-state index is 12.7. The van der Waals surface area contributed by atoms with E-state index in [-0.39, 0.29) is 6.61 Å². The second-order valence-electron chi connectivity index (χ2n) is 4.47. The van der Waals surface area contributed by atoms with Crippen LogP contribution in [0.2, 0.25) is 0 Å². The number of ether oxygens (including phenoxy) is 1. The minimum atomic E-state index is -4.38. The maximum absolute atomic E-state index is 12.7. The van der Waals surface area contributed by atoms with Crippen LogP contribution < -0.4 is 16.0 Å². The summed E-state index contributed by atoms with van der Waals surface area (Å²) < 4.78 is 43.6. The Morgan fingerprint density at radius 3 is 2.38 bits per heavy atom. The van der Waals surface area contributed by atoms with Crippen molar-refractivity contribution in [2.45, 2.75) is 12.2 Å². The molecule has 0 aliphatic carbocycles. The van der Waals surface area contributed by atoms with Crippen LogP contribution in [0.1, 0.15) is 17.2 Å². The Kier molecular flexibility index (Phi) is 4.82. The molecule has 3 N–H and O–H groups in total. The summed E-state index contributed by atoms with van der Waals surface area (Å²) >= 11 is 0. The van der Waals surface area contributed by atoms with E-state index in [1.54, 1.807) is 18.2 Å². The van der Waals surface area contributed by atoms with E-state index in [9.17, 15) is 13.2 Å². The Morgan fingerprint density at radius 1 is 1.05 bits per heavy atom. The summed E-state index contributed by atoms with van der Waals surface area (Å²) in [5.74, 6) is 6.05. The normalized spacial score (nSPS) is 13.0. The molecule has 21 heavy (non-hydrogen) atoms. The van der Waals surface area contributed by atoms with Crippen LogP contribution in [0.3, 0.4) is 0 Å². The Morgan fingerprint density at radius 2 is 1.76 bits per heavy atom. The van der Waals surface area contributed by atoms with Crippen molar-refractivity contribution in [2.24, 2.45) is 5.84 Å². The molecule has 0 radical (unpaired) electrons. The van der Waals surface area contributed by atoms with E-state index in [1.165, 1.54) is 6.07 Å². The van der Waals surface area contributed by atoms with Gasteiger partial charge in [-0.05, 0) is 29.8 Å². The summed E-state index contributed by atoms with van der Waals surface area (Å²) in [6.45, 7) is 0.127. The van der Waals surface area contributed by atoms with E-state index in [0.717, 1.165) is 12.1 Å². The fourth-order valence-electron chi connectivity index (χ4n) is 1.87. The van der Waals surface area contributed by atoms with Crippen molar-refractivity contribution >= 4 is 0 Å². The molecule has 1 unspecified atom stereocenters. The third-order valence-electron chi connectivity index (χ3n) is 2.98. The highest BCUT2D eigenvalue weighted by Crippen LogP contribution is 2.30. The summed E-state index contributed by atoms with van der Waals surface area (Å²) in [4.78, 5) is 0. The fourth-order valence-corrected chi connectivity index (χ4v) is 1.87. The van der Waals surface area contributed by atoms with Crippen molar-refractivity contribution in [3.63, 3.8) is 0 Å². The van der Waals surface area contributed by atoms with Crippen molar-refractivity contribution in [1.82, 2.24) is 5.43 Å². The predicted molar refractivity (Wildman–Crippen MR) is 73.4 cm³/mol. The van der Waals surface area contributed by atoms with Gasteiger partial charge in [0.2, 0.25) is 0 Å². The molecule has 0 amide bonds. The highest BCUT2D eigenvalue weighted by atomic mass is 19.4. The lowest BCUT2D eigenvalue weighted by Crippen LogP contribution is -2.32. The van der Waals surface area contributed by atoms with Crippen LogP contribution in [0, 0.1) is 0 Å². The van der Waals surface area contributed by atoms with Gasteiger partial charge in [0.15, 0.2) is 0 Å². The number of hydrazine groups is 1. The predicted octanol–water partition coefficient (Wildman–Crippen LogP) is 3.29. The molecule has 2 rings (SSSR count). The first-order valence-electron chi connectivity index (χ1n) is 6.32. The number of alkyl halides is 3. The maximum Gasteiger partial charge on any atom is 0.416 e. The van der Waals surface area contributed by atoms with E-state index in [4.69, 9.17) is 10.6 Å². The van der Waals surface area contributed by atoms with E-state index < -0.39 is 17.8 Å². The Hall–Kier alpha value is -2.05. The van der Waals surface area contributed by atoms with Gasteiger partial charge in [-0.1, -0.05) is 30.3 Å². The zero-order valence-electron chi connectivity index (χ0n) is 11.1. The highest BCUT2D eigenvalue weighted by molar-refractivity contribution is 5.28. The molecule has 0 spiro atoms. The summed E-state index contributed by atoms with van der Waals surface area (Å²) in [5.41, 5.74) is 2.19. The van der Waals surface area contributed by atoms with Gasteiger partial charge in [0, 0.05) is 0 Å². The monoisotopic (exact) mass is 296 g/mol. The summed E-state index contributed by atoms with van der Waals surface area (Å²) in [7, 11) is 0. The Bertz CT molecular complexity index is 573. The van der Waals surface area contributed by atoms with E-state index in [2.05, 4.69) is 5.43 Å². The highest BCUT2D eigenvalue weighted by Gasteiger charge is 2.30. The molecule has 0 fully saturated rings. The number of hydrogen-bond acceptors (Lipinski definition) is 3. The van der Waals surface area contributed by atoms with Crippen LogP contribution in [-0.4, -0.2) is 6.61 Å². The minimum absolute atomic E-state index is 0.127. The molecule has 2 aromatic carbocycles. The van der Waals surface area contributed by atoms with Gasteiger partial charge in [-0.3, -0.25) is 5.84 Å². The van der Waals surface area contributed by atoms with Crippen LogP contribution >= 0.6 is 0 Å². The van der Waals surface area contributed by atoms with Crippen molar-refractivity contribution in [1.29, 1.82) is 0 Å². The SMILES string of the molecule is NNC(COc1ccccc1)c1cccc(C(F)(F)F)c1. The second-order valence-corrected chi connectivity index (χ2v) is 4.47. The van der Waals surface area contributed by atoms with Gasteiger partial charge >= 0.3 is 6.18 Å². The van der Waals surface area contributed by atoms with E-state index in [1.807, 2.05) is 18.2 Å². The van der Waals surface area contributed by atoms with Crippen LogP contribution in [-0.2, 0) is 6.18 Å². The third-order valence-corrected chi connectivity index (χ3v) is 2.98. The lowest BCUT2D eigenvalue weighted by atomic mass is 10.0. The number of hydrogen-bond donors (Lipinski definition) is 2. The second kappa shape index (κ2) is 6.60. The Labute approximate surface area is 120 Å². The number of rotatable bonds is 5. The molecule has 0 heterocycles. The lowest BCUT2D eigenvalue weighted by molar-refractivity contribution is -0.137. The summed E-state index contributed by atoms with van der Waals surface area (Å²) in [6.07, 6.45) is -4.38. The molecular weight excluding hydrogens is 281 g/mol. The quantitative estimate of drug-likeness (QED) is 0.657. The zero-order valence-corrected chi connectivity index (χ0v) is 11.1. The molecule has 1 atom stereocenters. The first-order valence-corrected chi connectivity index (χ1v) is 6.32. The standard InChI is InChI=1S/C15H15F3N2O/c16-15(17,18)12-6-4-5-11(9-12)14(20-19)10-21-13-7-2-1-3-8-13/h1-9,14,20H,10,19H2. The van der Waals surface area contributed by atoms with Crippen molar-refractivity contribution < 1.29 is 17.9 Å². The molecule has 112 valence electrons. The zero-order chi connectivity index (χ0) is 15.3. The number of para-hydroxylation sites is 1. The number of nitrogens with two attached hydrogens (primary N) is 1. The van der Waals surface area contributed by atoms with Gasteiger partial charge in [0.05, 0.1) is 11.6 Å². The molecule has 0 saturated heterocycles. The molecule has 2 aromatic rings. The molecule has 0 aliphatic heterocycles. The molecule has 3 nitrogen and oxygen atoms in total. The first-order chi connectivity index (χ1) is 10.0. The number of halogens is 3. The minimum Gasteiger partial charge on any atom is -0.492 e.